The van der Waals surface area contributed by atoms with Crippen molar-refractivity contribution < 1.29 is 9.18 Å². The molecule has 4 rings (SSSR count). The summed E-state index contributed by atoms with van der Waals surface area (Å²) in [5, 5.41) is 4.79. The van der Waals surface area contributed by atoms with Crippen LogP contribution in [0.5, 0.6) is 0 Å². The molecule has 2 heterocycles. The van der Waals surface area contributed by atoms with Gasteiger partial charge in [-0.2, -0.15) is 0 Å². The average Bonchev–Trinajstić information content (AvgIpc) is 3.21. The molecule has 0 atom stereocenters. The highest BCUT2D eigenvalue weighted by Crippen LogP contribution is 2.30. The van der Waals surface area contributed by atoms with Crippen molar-refractivity contribution >= 4 is 51.8 Å². The first-order valence-corrected chi connectivity index (χ1v) is 10.6. The molecule has 1 aromatic heterocycles. The standard InChI is InChI=1S/C23H21ClFN3OS/c1-3-14-7-5-8-16-15(11-20-22(29)28(4-2)23(30)26-20)12-27(21(14)16)13-17-18(24)9-6-10-19(17)25/h5-12H,3-4,13H2,1-2H3,(H,26,30). The highest BCUT2D eigenvalue weighted by atomic mass is 35.5. The number of nitrogens with zero attached hydrogens (tertiary/aromatic N) is 2. The van der Waals surface area contributed by atoms with E-state index in [4.69, 9.17) is 23.8 Å². The van der Waals surface area contributed by atoms with Crippen LogP contribution in [0.1, 0.15) is 30.5 Å². The summed E-state index contributed by atoms with van der Waals surface area (Å²) in [5.74, 6) is -0.484. The predicted octanol–water partition coefficient (Wildman–Crippen LogP) is 5.12. The minimum atomic E-state index is -0.338. The third-order valence-electron chi connectivity index (χ3n) is 5.36. The number of hydrogen-bond acceptors (Lipinski definition) is 2. The van der Waals surface area contributed by atoms with Crippen LogP contribution in [0.4, 0.5) is 4.39 Å². The minimum absolute atomic E-state index is 0.146. The number of likely N-dealkylation sites (N-methyl/N-ethyl adjacent to an activating group) is 1. The van der Waals surface area contributed by atoms with Crippen LogP contribution >= 0.6 is 23.8 Å². The van der Waals surface area contributed by atoms with E-state index in [1.54, 1.807) is 12.1 Å². The Hall–Kier alpha value is -2.70. The Balaban J connectivity index is 1.86. The lowest BCUT2D eigenvalue weighted by Crippen LogP contribution is -2.30. The van der Waals surface area contributed by atoms with Gasteiger partial charge in [0.05, 0.1) is 12.1 Å². The van der Waals surface area contributed by atoms with Gasteiger partial charge in [0.15, 0.2) is 5.11 Å². The highest BCUT2D eigenvalue weighted by Gasteiger charge is 2.29. The lowest BCUT2D eigenvalue weighted by atomic mass is 10.1. The van der Waals surface area contributed by atoms with Gasteiger partial charge in [0.1, 0.15) is 11.5 Å². The van der Waals surface area contributed by atoms with Gasteiger partial charge in [-0.25, -0.2) is 4.39 Å². The number of fused-ring (bicyclic) bond motifs is 1. The molecule has 1 aliphatic heterocycles. The minimum Gasteiger partial charge on any atom is -0.342 e. The zero-order valence-electron chi connectivity index (χ0n) is 16.7. The van der Waals surface area contributed by atoms with Crippen LogP contribution in [0.2, 0.25) is 5.02 Å². The van der Waals surface area contributed by atoms with E-state index in [-0.39, 0.29) is 11.7 Å². The first-order valence-electron chi connectivity index (χ1n) is 9.82. The number of halogens is 2. The van der Waals surface area contributed by atoms with Gasteiger partial charge >= 0.3 is 0 Å². The number of benzene rings is 2. The van der Waals surface area contributed by atoms with Crippen molar-refractivity contribution in [1.29, 1.82) is 0 Å². The second-order valence-corrected chi connectivity index (χ2v) is 7.91. The number of carbonyl (C=O) groups excluding carboxylic acids is 1. The zero-order valence-corrected chi connectivity index (χ0v) is 18.3. The van der Waals surface area contributed by atoms with Crippen LogP contribution < -0.4 is 5.32 Å². The summed E-state index contributed by atoms with van der Waals surface area (Å²) < 4.78 is 16.4. The monoisotopic (exact) mass is 441 g/mol. The van der Waals surface area contributed by atoms with Crippen molar-refractivity contribution in [3.05, 3.63) is 75.8 Å². The fraction of sp³-hybridized carbons (Fsp3) is 0.217. The van der Waals surface area contributed by atoms with E-state index in [0.717, 1.165) is 28.5 Å². The number of amides is 1. The van der Waals surface area contributed by atoms with Crippen molar-refractivity contribution in [2.45, 2.75) is 26.8 Å². The second-order valence-electron chi connectivity index (χ2n) is 7.12. The van der Waals surface area contributed by atoms with Crippen LogP contribution in [0.15, 0.2) is 48.3 Å². The molecule has 4 nitrogen and oxygen atoms in total. The summed E-state index contributed by atoms with van der Waals surface area (Å²) in [5.41, 5.74) is 3.89. The van der Waals surface area contributed by atoms with Crippen LogP contribution in [-0.2, 0) is 17.8 Å². The van der Waals surface area contributed by atoms with E-state index in [1.807, 2.05) is 35.9 Å². The van der Waals surface area contributed by atoms with Crippen LogP contribution in [-0.4, -0.2) is 27.0 Å². The van der Waals surface area contributed by atoms with Gasteiger partial charge in [-0.1, -0.05) is 42.8 Å². The van der Waals surface area contributed by atoms with E-state index in [0.29, 0.717) is 34.5 Å². The molecule has 2 aromatic carbocycles. The lowest BCUT2D eigenvalue weighted by Gasteiger charge is -2.11. The number of rotatable bonds is 5. The van der Waals surface area contributed by atoms with Gasteiger partial charge in [0.2, 0.25) is 0 Å². The van der Waals surface area contributed by atoms with E-state index in [2.05, 4.69) is 18.3 Å². The maximum atomic E-state index is 14.4. The molecule has 30 heavy (non-hydrogen) atoms. The average molecular weight is 442 g/mol. The van der Waals surface area contributed by atoms with Crippen molar-refractivity contribution in [3.8, 4) is 0 Å². The SMILES string of the molecule is CCc1cccc2c(C=C3NC(=S)N(CC)C3=O)cn(Cc3c(F)cccc3Cl)c12. The number of nitrogens with one attached hydrogen (secondary N) is 1. The number of aromatic nitrogens is 1. The molecule has 154 valence electrons. The number of para-hydroxylation sites is 1. The molecule has 1 aliphatic rings. The fourth-order valence-electron chi connectivity index (χ4n) is 3.86. The highest BCUT2D eigenvalue weighted by molar-refractivity contribution is 7.80. The largest absolute Gasteiger partial charge is 0.342 e. The number of thiocarbonyl (C=S) groups is 1. The molecule has 0 aliphatic carbocycles. The van der Waals surface area contributed by atoms with Crippen molar-refractivity contribution in [2.75, 3.05) is 6.54 Å². The third-order valence-corrected chi connectivity index (χ3v) is 6.04. The molecule has 0 bridgehead atoms. The molecule has 1 fully saturated rings. The van der Waals surface area contributed by atoms with Crippen molar-refractivity contribution in [2.24, 2.45) is 0 Å². The lowest BCUT2D eigenvalue weighted by molar-refractivity contribution is -0.122. The van der Waals surface area contributed by atoms with Gasteiger partial charge in [-0.3, -0.25) is 9.69 Å². The van der Waals surface area contributed by atoms with Gasteiger partial charge in [0, 0.05) is 34.3 Å². The summed E-state index contributed by atoms with van der Waals surface area (Å²) in [6.45, 7) is 4.77. The molecular formula is C23H21ClFN3OS. The molecule has 1 amide bonds. The summed E-state index contributed by atoms with van der Waals surface area (Å²) in [6.07, 6.45) is 4.57. The molecule has 3 aromatic rings. The van der Waals surface area contributed by atoms with E-state index in [9.17, 15) is 9.18 Å². The Morgan fingerprint density at radius 3 is 2.63 bits per heavy atom. The molecule has 0 unspecified atom stereocenters. The van der Waals surface area contributed by atoms with E-state index < -0.39 is 0 Å². The Morgan fingerprint density at radius 1 is 1.20 bits per heavy atom. The molecule has 1 N–H and O–H groups in total. The number of carbonyl (C=O) groups is 1. The number of aryl methyl sites for hydroxylation is 1. The van der Waals surface area contributed by atoms with Crippen molar-refractivity contribution in [1.82, 2.24) is 14.8 Å². The third kappa shape index (κ3) is 3.50. The van der Waals surface area contributed by atoms with E-state index >= 15 is 0 Å². The van der Waals surface area contributed by atoms with Gasteiger partial charge < -0.3 is 9.88 Å². The van der Waals surface area contributed by atoms with Crippen LogP contribution in [0.3, 0.4) is 0 Å². The summed E-state index contributed by atoms with van der Waals surface area (Å²) in [7, 11) is 0. The van der Waals surface area contributed by atoms with E-state index in [1.165, 1.54) is 11.0 Å². The smallest absolute Gasteiger partial charge is 0.276 e. The Morgan fingerprint density at radius 2 is 1.97 bits per heavy atom. The Bertz CT molecular complexity index is 1180. The summed E-state index contributed by atoms with van der Waals surface area (Å²) in [4.78, 5) is 14.2. The predicted molar refractivity (Wildman–Crippen MR) is 123 cm³/mol. The van der Waals surface area contributed by atoms with Gasteiger partial charge in [0.25, 0.3) is 5.91 Å². The second kappa shape index (κ2) is 8.20. The van der Waals surface area contributed by atoms with Crippen molar-refractivity contribution in [3.63, 3.8) is 0 Å². The number of hydrogen-bond donors (Lipinski definition) is 1. The summed E-state index contributed by atoms with van der Waals surface area (Å²) in [6, 6.07) is 10.8. The molecule has 0 radical (unpaired) electrons. The maximum absolute atomic E-state index is 14.4. The topological polar surface area (TPSA) is 37.3 Å². The maximum Gasteiger partial charge on any atom is 0.276 e. The first kappa shape index (κ1) is 20.6. The Kier molecular flexibility index (Phi) is 5.62. The fourth-order valence-corrected chi connectivity index (χ4v) is 4.40. The van der Waals surface area contributed by atoms with Crippen LogP contribution in [0, 0.1) is 5.82 Å². The Labute approximate surface area is 184 Å². The van der Waals surface area contributed by atoms with Gasteiger partial charge in [-0.05, 0) is 49.3 Å². The molecule has 0 spiro atoms. The zero-order chi connectivity index (χ0) is 21.4. The molecule has 1 saturated heterocycles. The normalized spacial score (nSPS) is 15.5. The van der Waals surface area contributed by atoms with Crippen LogP contribution in [0.25, 0.3) is 17.0 Å². The van der Waals surface area contributed by atoms with Gasteiger partial charge in [-0.15, -0.1) is 0 Å². The molecule has 0 saturated carbocycles. The summed E-state index contributed by atoms with van der Waals surface area (Å²) >= 11 is 11.5. The first-order chi connectivity index (χ1) is 14.4. The quantitative estimate of drug-likeness (QED) is 0.441. The molecule has 7 heteroatoms. The molecular weight excluding hydrogens is 421 g/mol.